The number of nitrogens with zero attached hydrogens (tertiary/aromatic N) is 2. The van der Waals surface area contributed by atoms with Gasteiger partial charge in [0.15, 0.2) is 5.84 Å². The van der Waals surface area contributed by atoms with Crippen LogP contribution in [-0.2, 0) is 10.5 Å². The summed E-state index contributed by atoms with van der Waals surface area (Å²) in [5, 5.41) is 11.5. The summed E-state index contributed by atoms with van der Waals surface area (Å²) in [7, 11) is 0. The summed E-state index contributed by atoms with van der Waals surface area (Å²) in [6.07, 6.45) is 4.42. The first kappa shape index (κ1) is 13.2. The van der Waals surface area contributed by atoms with E-state index in [0.717, 1.165) is 23.7 Å². The second-order valence-electron chi connectivity index (χ2n) is 4.18. The number of ether oxygens (including phenoxy) is 1. The van der Waals surface area contributed by atoms with Gasteiger partial charge in [-0.3, -0.25) is 4.98 Å². The van der Waals surface area contributed by atoms with E-state index >= 15 is 0 Å². The lowest BCUT2D eigenvalue weighted by Gasteiger charge is -2.08. The van der Waals surface area contributed by atoms with Crippen molar-refractivity contribution in [1.82, 2.24) is 4.98 Å². The van der Waals surface area contributed by atoms with Gasteiger partial charge in [0.1, 0.15) is 5.69 Å². The summed E-state index contributed by atoms with van der Waals surface area (Å²) < 4.78 is 5.56. The molecule has 0 aliphatic carbocycles. The van der Waals surface area contributed by atoms with Gasteiger partial charge in [-0.1, -0.05) is 5.16 Å². The smallest absolute Gasteiger partial charge is 0.188 e. The number of oxime groups is 1. The SMILES string of the molecule is N/C(=N/O)c1cc(CSCC2CCCO2)ccn1. The van der Waals surface area contributed by atoms with Crippen LogP contribution in [0.25, 0.3) is 0 Å². The minimum atomic E-state index is 0.0426. The molecule has 2 rings (SSSR count). The predicted molar refractivity (Wildman–Crippen MR) is 71.9 cm³/mol. The summed E-state index contributed by atoms with van der Waals surface area (Å²) in [5.41, 5.74) is 7.13. The molecule has 1 unspecified atom stereocenters. The molecule has 0 amide bonds. The Hall–Kier alpha value is -1.27. The molecule has 1 saturated heterocycles. The highest BCUT2D eigenvalue weighted by Gasteiger charge is 2.15. The number of nitrogens with two attached hydrogens (primary N) is 1. The van der Waals surface area contributed by atoms with Crippen LogP contribution in [0.2, 0.25) is 0 Å². The summed E-state index contributed by atoms with van der Waals surface area (Å²) in [6.45, 7) is 0.897. The molecular weight excluding hydrogens is 250 g/mol. The topological polar surface area (TPSA) is 80.7 Å². The lowest BCUT2D eigenvalue weighted by Crippen LogP contribution is -2.15. The van der Waals surface area contributed by atoms with E-state index in [2.05, 4.69) is 10.1 Å². The number of rotatable bonds is 5. The van der Waals surface area contributed by atoms with Gasteiger partial charge in [-0.2, -0.15) is 11.8 Å². The highest BCUT2D eigenvalue weighted by Crippen LogP contribution is 2.20. The third-order valence-electron chi connectivity index (χ3n) is 2.79. The molecule has 1 aromatic heterocycles. The quantitative estimate of drug-likeness (QED) is 0.366. The number of aromatic nitrogens is 1. The molecule has 1 aliphatic rings. The monoisotopic (exact) mass is 267 g/mol. The lowest BCUT2D eigenvalue weighted by molar-refractivity contribution is 0.129. The van der Waals surface area contributed by atoms with Gasteiger partial charge >= 0.3 is 0 Å². The van der Waals surface area contributed by atoms with E-state index in [9.17, 15) is 0 Å². The molecule has 98 valence electrons. The van der Waals surface area contributed by atoms with E-state index in [1.807, 2.05) is 23.9 Å². The van der Waals surface area contributed by atoms with E-state index in [1.165, 1.54) is 12.8 Å². The fraction of sp³-hybridized carbons (Fsp3) is 0.500. The number of amidine groups is 1. The lowest BCUT2D eigenvalue weighted by atomic mass is 10.2. The average Bonchev–Trinajstić information content (AvgIpc) is 2.91. The summed E-state index contributed by atoms with van der Waals surface area (Å²) >= 11 is 1.84. The third kappa shape index (κ3) is 3.61. The molecule has 2 heterocycles. The van der Waals surface area contributed by atoms with Crippen LogP contribution in [-0.4, -0.2) is 34.5 Å². The Labute approximate surface area is 110 Å². The van der Waals surface area contributed by atoms with Gasteiger partial charge in [0.05, 0.1) is 6.10 Å². The second kappa shape index (κ2) is 6.61. The molecule has 0 saturated carbocycles. The van der Waals surface area contributed by atoms with Crippen LogP contribution >= 0.6 is 11.8 Å². The molecule has 1 aliphatic heterocycles. The summed E-state index contributed by atoms with van der Waals surface area (Å²) in [6, 6.07) is 3.79. The van der Waals surface area contributed by atoms with Gasteiger partial charge in [-0.15, -0.1) is 0 Å². The summed E-state index contributed by atoms with van der Waals surface area (Å²) in [4.78, 5) is 4.05. The molecule has 1 fully saturated rings. The Bertz CT molecular complexity index is 420. The molecule has 1 aromatic rings. The van der Waals surface area contributed by atoms with Crippen molar-refractivity contribution in [3.05, 3.63) is 29.6 Å². The molecule has 0 aromatic carbocycles. The Balaban J connectivity index is 1.85. The second-order valence-corrected chi connectivity index (χ2v) is 5.21. The Morgan fingerprint density at radius 2 is 2.56 bits per heavy atom. The predicted octanol–water partition coefficient (Wildman–Crippen LogP) is 1.59. The number of thioether (sulfide) groups is 1. The highest BCUT2D eigenvalue weighted by atomic mass is 32.2. The third-order valence-corrected chi connectivity index (χ3v) is 3.94. The fourth-order valence-corrected chi connectivity index (χ4v) is 2.90. The van der Waals surface area contributed by atoms with E-state index in [4.69, 9.17) is 15.7 Å². The number of hydrogen-bond acceptors (Lipinski definition) is 5. The highest BCUT2D eigenvalue weighted by molar-refractivity contribution is 7.98. The molecule has 18 heavy (non-hydrogen) atoms. The largest absolute Gasteiger partial charge is 0.409 e. The number of hydrogen-bond donors (Lipinski definition) is 2. The molecular formula is C12H17N3O2S. The van der Waals surface area contributed by atoms with Crippen LogP contribution < -0.4 is 5.73 Å². The fourth-order valence-electron chi connectivity index (χ4n) is 1.84. The maximum absolute atomic E-state index is 8.60. The van der Waals surface area contributed by atoms with Crippen LogP contribution in [0.3, 0.4) is 0 Å². The molecule has 6 heteroatoms. The molecule has 3 N–H and O–H groups in total. The van der Waals surface area contributed by atoms with Crippen molar-refractivity contribution < 1.29 is 9.94 Å². The van der Waals surface area contributed by atoms with Crippen LogP contribution in [0.4, 0.5) is 0 Å². The van der Waals surface area contributed by atoms with E-state index in [0.29, 0.717) is 11.8 Å². The Morgan fingerprint density at radius 3 is 3.28 bits per heavy atom. The van der Waals surface area contributed by atoms with Gasteiger partial charge in [0.25, 0.3) is 0 Å². The molecule has 0 bridgehead atoms. The average molecular weight is 267 g/mol. The molecule has 0 radical (unpaired) electrons. The van der Waals surface area contributed by atoms with Crippen molar-refractivity contribution in [3.63, 3.8) is 0 Å². The van der Waals surface area contributed by atoms with Gasteiger partial charge in [-0.05, 0) is 30.5 Å². The van der Waals surface area contributed by atoms with Crippen molar-refractivity contribution in [2.75, 3.05) is 12.4 Å². The zero-order valence-corrected chi connectivity index (χ0v) is 10.9. The first-order valence-electron chi connectivity index (χ1n) is 5.92. The minimum Gasteiger partial charge on any atom is -0.409 e. The molecule has 5 nitrogen and oxygen atoms in total. The van der Waals surface area contributed by atoms with Gasteiger partial charge in [-0.25, -0.2) is 0 Å². The van der Waals surface area contributed by atoms with Crippen LogP contribution in [0, 0.1) is 0 Å². The maximum atomic E-state index is 8.60. The standard InChI is InChI=1S/C12H17N3O2S/c13-12(15-16)11-6-9(3-4-14-11)7-18-8-10-2-1-5-17-10/h3-4,6,10,16H,1-2,5,7-8H2,(H2,13,15). The van der Waals surface area contributed by atoms with Crippen molar-refractivity contribution in [1.29, 1.82) is 0 Å². The van der Waals surface area contributed by atoms with E-state index < -0.39 is 0 Å². The number of pyridine rings is 1. The van der Waals surface area contributed by atoms with Crippen LogP contribution in [0.1, 0.15) is 24.1 Å². The summed E-state index contributed by atoms with van der Waals surface area (Å²) in [5.74, 6) is 1.94. The Kier molecular flexibility index (Phi) is 4.83. The van der Waals surface area contributed by atoms with Crippen molar-refractivity contribution in [3.8, 4) is 0 Å². The van der Waals surface area contributed by atoms with Crippen LogP contribution in [0.5, 0.6) is 0 Å². The first-order chi connectivity index (χ1) is 8.79. The zero-order chi connectivity index (χ0) is 12.8. The first-order valence-corrected chi connectivity index (χ1v) is 7.07. The van der Waals surface area contributed by atoms with Crippen molar-refractivity contribution in [2.45, 2.75) is 24.7 Å². The minimum absolute atomic E-state index is 0.0426. The Morgan fingerprint density at radius 1 is 1.67 bits per heavy atom. The van der Waals surface area contributed by atoms with E-state index in [1.54, 1.807) is 6.20 Å². The zero-order valence-electron chi connectivity index (χ0n) is 10.1. The van der Waals surface area contributed by atoms with Crippen molar-refractivity contribution >= 4 is 17.6 Å². The molecule has 0 spiro atoms. The van der Waals surface area contributed by atoms with Gasteiger partial charge < -0.3 is 15.7 Å². The van der Waals surface area contributed by atoms with Crippen LogP contribution in [0.15, 0.2) is 23.5 Å². The van der Waals surface area contributed by atoms with E-state index in [-0.39, 0.29) is 5.84 Å². The van der Waals surface area contributed by atoms with Gasteiger partial charge in [0.2, 0.25) is 0 Å². The van der Waals surface area contributed by atoms with Gasteiger partial charge in [0, 0.05) is 24.3 Å². The molecule has 1 atom stereocenters. The van der Waals surface area contributed by atoms with Crippen molar-refractivity contribution in [2.24, 2.45) is 10.9 Å². The normalized spacial score (nSPS) is 20.2. The maximum Gasteiger partial charge on any atom is 0.188 e.